The molecule has 1 aromatic carbocycles. The van der Waals surface area contributed by atoms with Gasteiger partial charge in [-0.1, -0.05) is 31.5 Å². The maximum atomic E-state index is 12.7. The largest absolute Gasteiger partial charge is 0.310 e. The number of nitrogens with zero attached hydrogens (tertiary/aromatic N) is 5. The number of anilines is 1. The fourth-order valence-corrected chi connectivity index (χ4v) is 3.25. The number of nitrogens with one attached hydrogen (secondary N) is 2. The molecule has 3 aromatic heterocycles. The first-order valence-corrected chi connectivity index (χ1v) is 9.68. The maximum absolute atomic E-state index is 12.7. The molecule has 0 spiro atoms. The zero-order valence-electron chi connectivity index (χ0n) is 17.5. The molecule has 9 nitrogen and oxygen atoms in total. The van der Waals surface area contributed by atoms with Gasteiger partial charge >= 0.3 is 0 Å². The van der Waals surface area contributed by atoms with Gasteiger partial charge in [-0.05, 0) is 32.4 Å². The quantitative estimate of drug-likeness (QED) is 0.542. The number of carbonyl (C=O) groups is 1. The molecule has 0 radical (unpaired) electrons. The molecule has 0 aliphatic heterocycles. The average molecular weight is 405 g/mol. The predicted molar refractivity (Wildman–Crippen MR) is 114 cm³/mol. The van der Waals surface area contributed by atoms with Crippen LogP contribution in [0, 0.1) is 26.7 Å². The van der Waals surface area contributed by atoms with Gasteiger partial charge in [-0.2, -0.15) is 19.9 Å². The van der Waals surface area contributed by atoms with E-state index < -0.39 is 0 Å². The van der Waals surface area contributed by atoms with Crippen molar-refractivity contribution in [2.45, 2.75) is 34.6 Å². The second kappa shape index (κ2) is 7.25. The second-order valence-electron chi connectivity index (χ2n) is 7.70. The molecular formula is C21H23N7O2. The Morgan fingerprint density at radius 3 is 2.60 bits per heavy atom. The summed E-state index contributed by atoms with van der Waals surface area (Å²) in [6, 6.07) is 7.71. The minimum absolute atomic E-state index is 0.153. The summed E-state index contributed by atoms with van der Waals surface area (Å²) in [5, 5.41) is 12.0. The van der Waals surface area contributed by atoms with Crippen LogP contribution < -0.4 is 10.9 Å². The number of H-pyrrole nitrogens is 1. The highest BCUT2D eigenvalue weighted by molar-refractivity contribution is 5.91. The lowest BCUT2D eigenvalue weighted by Gasteiger charge is -2.11. The van der Waals surface area contributed by atoms with Crippen LogP contribution in [-0.4, -0.2) is 35.4 Å². The molecule has 0 bridgehead atoms. The van der Waals surface area contributed by atoms with Crippen LogP contribution in [0.25, 0.3) is 22.7 Å². The van der Waals surface area contributed by atoms with E-state index in [4.69, 9.17) is 0 Å². The summed E-state index contributed by atoms with van der Waals surface area (Å²) in [4.78, 5) is 32.3. The second-order valence-corrected chi connectivity index (χ2v) is 7.70. The van der Waals surface area contributed by atoms with E-state index >= 15 is 0 Å². The number of aromatic amines is 1. The first-order valence-electron chi connectivity index (χ1n) is 9.68. The highest BCUT2D eigenvalue weighted by atomic mass is 16.2. The number of aromatic nitrogens is 6. The van der Waals surface area contributed by atoms with Gasteiger partial charge in [-0.15, -0.1) is 0 Å². The van der Waals surface area contributed by atoms with Gasteiger partial charge in [-0.25, -0.2) is 4.68 Å². The Bertz CT molecular complexity index is 1330. The molecule has 0 aliphatic carbocycles. The number of amides is 1. The van der Waals surface area contributed by atoms with Gasteiger partial charge in [0.25, 0.3) is 5.56 Å². The van der Waals surface area contributed by atoms with Crippen molar-refractivity contribution >= 4 is 22.8 Å². The van der Waals surface area contributed by atoms with Crippen LogP contribution in [0.15, 0.2) is 35.3 Å². The summed E-state index contributed by atoms with van der Waals surface area (Å²) in [7, 11) is 0. The summed E-state index contributed by atoms with van der Waals surface area (Å²) in [6.45, 7) is 9.42. The standard InChI is InChI=1S/C21H23N7O2/c1-11(2)19(29)23-17-9-14(5)26-28(17)21-24-18-15(20(30)25-21)10-22-27(18)16-7-6-12(3)8-13(16)4/h6-11H,1-5H3,(H,23,29)(H,24,25,30). The van der Waals surface area contributed by atoms with Gasteiger partial charge in [0.15, 0.2) is 5.65 Å². The van der Waals surface area contributed by atoms with Crippen LogP contribution >= 0.6 is 0 Å². The number of hydrogen-bond acceptors (Lipinski definition) is 5. The highest BCUT2D eigenvalue weighted by Gasteiger charge is 2.18. The van der Waals surface area contributed by atoms with Gasteiger partial charge in [0.2, 0.25) is 11.9 Å². The van der Waals surface area contributed by atoms with Crippen molar-refractivity contribution in [3.63, 3.8) is 0 Å². The zero-order valence-corrected chi connectivity index (χ0v) is 17.5. The fraction of sp³-hybridized carbons (Fsp3) is 0.286. The normalized spacial score (nSPS) is 11.4. The minimum atomic E-state index is -0.333. The van der Waals surface area contributed by atoms with E-state index in [-0.39, 0.29) is 23.3 Å². The molecule has 3 heterocycles. The molecule has 4 aromatic rings. The number of fused-ring (bicyclic) bond motifs is 1. The number of hydrogen-bond donors (Lipinski definition) is 2. The molecule has 0 saturated carbocycles. The third-order valence-corrected chi connectivity index (χ3v) is 4.81. The molecule has 0 aliphatic rings. The lowest BCUT2D eigenvalue weighted by atomic mass is 10.1. The van der Waals surface area contributed by atoms with Gasteiger partial charge in [0.05, 0.1) is 17.6 Å². The topological polar surface area (TPSA) is 110 Å². The van der Waals surface area contributed by atoms with Crippen LogP contribution in [0.3, 0.4) is 0 Å². The third-order valence-electron chi connectivity index (χ3n) is 4.81. The molecule has 9 heteroatoms. The Kier molecular flexibility index (Phi) is 4.73. The number of benzene rings is 1. The highest BCUT2D eigenvalue weighted by Crippen LogP contribution is 2.21. The molecular weight excluding hydrogens is 382 g/mol. The molecule has 1 amide bonds. The SMILES string of the molecule is Cc1ccc(-n2ncc3c(=O)[nH]c(-n4nc(C)cc4NC(=O)C(C)C)nc32)c(C)c1. The fourth-order valence-electron chi connectivity index (χ4n) is 3.25. The van der Waals surface area contributed by atoms with Crippen molar-refractivity contribution in [3.8, 4) is 11.6 Å². The summed E-state index contributed by atoms with van der Waals surface area (Å²) >= 11 is 0. The van der Waals surface area contributed by atoms with E-state index in [0.29, 0.717) is 22.5 Å². The van der Waals surface area contributed by atoms with E-state index in [9.17, 15) is 9.59 Å². The number of rotatable bonds is 4. The van der Waals surface area contributed by atoms with Crippen molar-refractivity contribution in [1.29, 1.82) is 0 Å². The minimum Gasteiger partial charge on any atom is -0.310 e. The van der Waals surface area contributed by atoms with Crippen LogP contribution in [0.2, 0.25) is 0 Å². The summed E-state index contributed by atoms with van der Waals surface area (Å²) in [5.74, 6) is 0.284. The Morgan fingerprint density at radius 1 is 1.13 bits per heavy atom. The molecule has 154 valence electrons. The summed E-state index contributed by atoms with van der Waals surface area (Å²) in [6.07, 6.45) is 1.50. The van der Waals surface area contributed by atoms with Gasteiger partial charge in [0.1, 0.15) is 11.2 Å². The lowest BCUT2D eigenvalue weighted by molar-refractivity contribution is -0.118. The Labute approximate surface area is 172 Å². The van der Waals surface area contributed by atoms with Crippen LogP contribution in [0.5, 0.6) is 0 Å². The van der Waals surface area contributed by atoms with Crippen molar-refractivity contribution in [2.75, 3.05) is 5.32 Å². The van der Waals surface area contributed by atoms with Crippen LogP contribution in [0.1, 0.15) is 30.7 Å². The average Bonchev–Trinajstić information content (AvgIpc) is 3.25. The van der Waals surface area contributed by atoms with E-state index in [1.54, 1.807) is 31.5 Å². The van der Waals surface area contributed by atoms with Crippen molar-refractivity contribution < 1.29 is 4.79 Å². The molecule has 0 unspecified atom stereocenters. The van der Waals surface area contributed by atoms with Gasteiger partial charge in [-0.3, -0.25) is 14.6 Å². The molecule has 4 rings (SSSR count). The number of carbonyl (C=O) groups excluding carboxylic acids is 1. The van der Waals surface area contributed by atoms with E-state index in [1.807, 2.05) is 32.0 Å². The molecule has 30 heavy (non-hydrogen) atoms. The molecule has 0 fully saturated rings. The smallest absolute Gasteiger partial charge is 0.263 e. The predicted octanol–water partition coefficient (Wildman–Crippen LogP) is 2.81. The van der Waals surface area contributed by atoms with E-state index in [1.165, 1.54) is 10.9 Å². The van der Waals surface area contributed by atoms with E-state index in [2.05, 4.69) is 25.5 Å². The maximum Gasteiger partial charge on any atom is 0.263 e. The van der Waals surface area contributed by atoms with Crippen molar-refractivity contribution in [2.24, 2.45) is 5.92 Å². The van der Waals surface area contributed by atoms with Crippen LogP contribution in [-0.2, 0) is 4.79 Å². The van der Waals surface area contributed by atoms with Crippen molar-refractivity contribution in [3.05, 3.63) is 57.6 Å². The Balaban J connectivity index is 1.89. The van der Waals surface area contributed by atoms with Gasteiger partial charge < -0.3 is 5.32 Å². The molecule has 0 atom stereocenters. The molecule has 2 N–H and O–H groups in total. The van der Waals surface area contributed by atoms with Gasteiger partial charge in [0, 0.05) is 12.0 Å². The summed E-state index contributed by atoms with van der Waals surface area (Å²) < 4.78 is 3.07. The zero-order chi connectivity index (χ0) is 21.6. The van der Waals surface area contributed by atoms with E-state index in [0.717, 1.165) is 16.8 Å². The molecule has 0 saturated heterocycles. The first kappa shape index (κ1) is 19.6. The third kappa shape index (κ3) is 3.38. The van der Waals surface area contributed by atoms with Crippen molar-refractivity contribution in [1.82, 2.24) is 29.5 Å². The monoisotopic (exact) mass is 405 g/mol. The lowest BCUT2D eigenvalue weighted by Crippen LogP contribution is -2.21. The Hall–Kier alpha value is -3.75. The Morgan fingerprint density at radius 2 is 1.90 bits per heavy atom. The number of aryl methyl sites for hydroxylation is 3. The van der Waals surface area contributed by atoms with Crippen LogP contribution in [0.4, 0.5) is 5.82 Å². The summed E-state index contributed by atoms with van der Waals surface area (Å²) in [5.41, 5.74) is 3.75. The first-order chi connectivity index (χ1) is 14.2.